The first-order chi connectivity index (χ1) is 7.36. The first kappa shape index (κ1) is 10.5. The molecule has 1 saturated carbocycles. The van der Waals surface area contributed by atoms with Gasteiger partial charge in [0.25, 0.3) is 0 Å². The maximum absolute atomic E-state index is 13.1. The molecular weight excluding hydrogens is 193 g/mol. The Hall–Kier alpha value is -1.00. The second-order valence-corrected chi connectivity index (χ2v) is 3.87. The van der Waals surface area contributed by atoms with Crippen LogP contribution in [0.3, 0.4) is 0 Å². The highest BCUT2D eigenvalue weighted by molar-refractivity contribution is 5.11. The van der Waals surface area contributed by atoms with Gasteiger partial charge in [-0.1, -0.05) is 0 Å². The van der Waals surface area contributed by atoms with E-state index in [2.05, 4.69) is 15.6 Å². The molecule has 1 fully saturated rings. The van der Waals surface area contributed by atoms with Crippen molar-refractivity contribution in [2.75, 3.05) is 13.1 Å². The molecule has 0 saturated heterocycles. The lowest BCUT2D eigenvalue weighted by Crippen LogP contribution is -2.28. The van der Waals surface area contributed by atoms with E-state index in [4.69, 9.17) is 0 Å². The highest BCUT2D eigenvalue weighted by atomic mass is 19.1. The van der Waals surface area contributed by atoms with Crippen molar-refractivity contribution >= 4 is 0 Å². The van der Waals surface area contributed by atoms with Crippen molar-refractivity contribution in [1.82, 2.24) is 15.6 Å². The van der Waals surface area contributed by atoms with Gasteiger partial charge in [-0.25, -0.2) is 4.39 Å². The van der Waals surface area contributed by atoms with Crippen LogP contribution in [0.25, 0.3) is 0 Å². The summed E-state index contributed by atoms with van der Waals surface area (Å²) in [5, 5.41) is 6.58. The zero-order valence-electron chi connectivity index (χ0n) is 8.67. The number of pyridine rings is 1. The molecule has 1 aromatic heterocycles. The summed E-state index contributed by atoms with van der Waals surface area (Å²) < 4.78 is 13.1. The Bertz CT molecular complexity index is 312. The smallest absolute Gasteiger partial charge is 0.145 e. The van der Waals surface area contributed by atoms with E-state index in [0.717, 1.165) is 19.1 Å². The molecule has 1 aliphatic carbocycles. The van der Waals surface area contributed by atoms with Crippen LogP contribution in [-0.2, 0) is 6.54 Å². The minimum atomic E-state index is -0.236. The molecule has 1 aromatic rings. The van der Waals surface area contributed by atoms with Gasteiger partial charge in [0.2, 0.25) is 0 Å². The first-order valence-electron chi connectivity index (χ1n) is 5.39. The van der Waals surface area contributed by atoms with Gasteiger partial charge in [-0.15, -0.1) is 0 Å². The average molecular weight is 209 g/mol. The number of aromatic nitrogens is 1. The van der Waals surface area contributed by atoms with Crippen molar-refractivity contribution in [2.24, 2.45) is 0 Å². The number of nitrogens with zero attached hydrogens (tertiary/aromatic N) is 1. The lowest BCUT2D eigenvalue weighted by molar-refractivity contribution is 0.569. The summed E-state index contributed by atoms with van der Waals surface area (Å²) in [7, 11) is 0. The van der Waals surface area contributed by atoms with Crippen molar-refractivity contribution in [3.63, 3.8) is 0 Å². The van der Waals surface area contributed by atoms with Crippen LogP contribution in [0.2, 0.25) is 0 Å². The molecule has 2 rings (SSSR count). The van der Waals surface area contributed by atoms with Gasteiger partial charge in [0.15, 0.2) is 0 Å². The number of nitrogens with one attached hydrogen (secondary N) is 2. The fourth-order valence-corrected chi connectivity index (χ4v) is 1.42. The standard InChI is InChI=1S/C11H16FN3/c12-11-8-13-4-3-9(11)7-14-5-6-15-10-1-2-10/h3-4,8,10,14-15H,1-2,5-7H2. The average Bonchev–Trinajstić information content (AvgIpc) is 3.04. The molecule has 2 N–H and O–H groups in total. The minimum Gasteiger partial charge on any atom is -0.313 e. The molecule has 0 spiro atoms. The second-order valence-electron chi connectivity index (χ2n) is 3.87. The monoisotopic (exact) mass is 209 g/mol. The van der Waals surface area contributed by atoms with Crippen LogP contribution in [0.4, 0.5) is 4.39 Å². The number of rotatable bonds is 6. The second kappa shape index (κ2) is 5.19. The molecule has 0 atom stereocenters. The van der Waals surface area contributed by atoms with E-state index < -0.39 is 0 Å². The summed E-state index contributed by atoms with van der Waals surface area (Å²) in [6.07, 6.45) is 5.47. The van der Waals surface area contributed by atoms with E-state index in [0.29, 0.717) is 12.1 Å². The van der Waals surface area contributed by atoms with Crippen molar-refractivity contribution < 1.29 is 4.39 Å². The van der Waals surface area contributed by atoms with Crippen molar-refractivity contribution in [1.29, 1.82) is 0 Å². The summed E-state index contributed by atoms with van der Waals surface area (Å²) in [5.41, 5.74) is 0.677. The van der Waals surface area contributed by atoms with Crippen LogP contribution in [-0.4, -0.2) is 24.1 Å². The number of halogens is 1. The van der Waals surface area contributed by atoms with Crippen LogP contribution < -0.4 is 10.6 Å². The van der Waals surface area contributed by atoms with E-state index in [1.165, 1.54) is 19.0 Å². The van der Waals surface area contributed by atoms with Gasteiger partial charge in [0.05, 0.1) is 6.20 Å². The van der Waals surface area contributed by atoms with E-state index in [1.807, 2.05) is 0 Å². The van der Waals surface area contributed by atoms with E-state index in [9.17, 15) is 4.39 Å². The Balaban J connectivity index is 1.62. The van der Waals surface area contributed by atoms with E-state index in [-0.39, 0.29) is 5.82 Å². The van der Waals surface area contributed by atoms with Crippen LogP contribution in [0, 0.1) is 5.82 Å². The summed E-state index contributed by atoms with van der Waals surface area (Å²) in [6.45, 7) is 2.40. The van der Waals surface area contributed by atoms with Crippen LogP contribution >= 0.6 is 0 Å². The fraction of sp³-hybridized carbons (Fsp3) is 0.545. The molecule has 15 heavy (non-hydrogen) atoms. The maximum Gasteiger partial charge on any atom is 0.145 e. The van der Waals surface area contributed by atoms with Gasteiger partial charge < -0.3 is 10.6 Å². The molecule has 0 aliphatic heterocycles. The fourth-order valence-electron chi connectivity index (χ4n) is 1.42. The molecule has 0 aromatic carbocycles. The topological polar surface area (TPSA) is 37.0 Å². The number of hydrogen-bond donors (Lipinski definition) is 2. The van der Waals surface area contributed by atoms with Crippen molar-refractivity contribution in [2.45, 2.75) is 25.4 Å². The predicted molar refractivity (Wildman–Crippen MR) is 56.9 cm³/mol. The van der Waals surface area contributed by atoms with Crippen LogP contribution in [0.5, 0.6) is 0 Å². The Kier molecular flexibility index (Phi) is 3.64. The molecule has 0 unspecified atom stereocenters. The molecule has 3 nitrogen and oxygen atoms in total. The van der Waals surface area contributed by atoms with Gasteiger partial charge >= 0.3 is 0 Å². The highest BCUT2D eigenvalue weighted by Gasteiger charge is 2.19. The van der Waals surface area contributed by atoms with Gasteiger partial charge in [-0.3, -0.25) is 4.98 Å². The van der Waals surface area contributed by atoms with Crippen molar-refractivity contribution in [3.8, 4) is 0 Å². The van der Waals surface area contributed by atoms with Crippen molar-refractivity contribution in [3.05, 3.63) is 29.8 Å². The molecular formula is C11H16FN3. The SMILES string of the molecule is Fc1cnccc1CNCCNC1CC1. The number of hydrogen-bond acceptors (Lipinski definition) is 3. The van der Waals surface area contributed by atoms with E-state index >= 15 is 0 Å². The molecule has 4 heteroatoms. The Morgan fingerprint density at radius 3 is 3.00 bits per heavy atom. The summed E-state index contributed by atoms with van der Waals surface area (Å²) in [4.78, 5) is 3.71. The van der Waals surface area contributed by atoms with Crippen LogP contribution in [0.15, 0.2) is 18.5 Å². The molecule has 0 bridgehead atoms. The van der Waals surface area contributed by atoms with Gasteiger partial charge in [0.1, 0.15) is 5.82 Å². The third-order valence-corrected chi connectivity index (χ3v) is 2.48. The molecule has 1 heterocycles. The third-order valence-electron chi connectivity index (χ3n) is 2.48. The normalized spacial score (nSPS) is 15.5. The quantitative estimate of drug-likeness (QED) is 0.688. The summed E-state index contributed by atoms with van der Waals surface area (Å²) in [5.74, 6) is -0.236. The highest BCUT2D eigenvalue weighted by Crippen LogP contribution is 2.17. The molecule has 0 radical (unpaired) electrons. The zero-order valence-corrected chi connectivity index (χ0v) is 8.67. The van der Waals surface area contributed by atoms with Gasteiger partial charge in [-0.2, -0.15) is 0 Å². The first-order valence-corrected chi connectivity index (χ1v) is 5.39. The lowest BCUT2D eigenvalue weighted by Gasteiger charge is -2.06. The summed E-state index contributed by atoms with van der Waals surface area (Å²) >= 11 is 0. The Labute approximate surface area is 89.1 Å². The Morgan fingerprint density at radius 2 is 2.27 bits per heavy atom. The van der Waals surface area contributed by atoms with Gasteiger partial charge in [-0.05, 0) is 18.9 Å². The maximum atomic E-state index is 13.1. The largest absolute Gasteiger partial charge is 0.313 e. The Morgan fingerprint density at radius 1 is 1.40 bits per heavy atom. The summed E-state index contributed by atoms with van der Waals surface area (Å²) in [6, 6.07) is 2.45. The lowest BCUT2D eigenvalue weighted by atomic mass is 10.2. The molecule has 1 aliphatic rings. The molecule has 82 valence electrons. The van der Waals surface area contributed by atoms with Crippen LogP contribution in [0.1, 0.15) is 18.4 Å². The zero-order chi connectivity index (χ0) is 10.5. The minimum absolute atomic E-state index is 0.236. The van der Waals surface area contributed by atoms with E-state index in [1.54, 1.807) is 12.3 Å². The predicted octanol–water partition coefficient (Wildman–Crippen LogP) is 1.06. The van der Waals surface area contributed by atoms with Gasteiger partial charge in [0, 0.05) is 37.4 Å². The third kappa shape index (κ3) is 3.57. The molecule has 0 amide bonds.